The molecule has 7 heteroatoms. The monoisotopic (exact) mass is 466 g/mol. The summed E-state index contributed by atoms with van der Waals surface area (Å²) < 4.78 is -1.78. The van der Waals surface area contributed by atoms with Gasteiger partial charge in [0.2, 0.25) is 9.70 Å². The topological polar surface area (TPSA) is 41.1 Å². The van der Waals surface area contributed by atoms with Crippen molar-refractivity contribution in [2.24, 2.45) is 0 Å². The number of benzene rings is 3. The number of amides is 1. The molecule has 3 aromatic rings. The van der Waals surface area contributed by atoms with Gasteiger partial charge in [0.25, 0.3) is 0 Å². The van der Waals surface area contributed by atoms with Gasteiger partial charge in [-0.05, 0) is 35.4 Å². The number of alkyl halides is 3. The van der Waals surface area contributed by atoms with Crippen LogP contribution in [-0.4, -0.2) is 15.9 Å². The van der Waals surface area contributed by atoms with Gasteiger partial charge in [0.1, 0.15) is 6.17 Å². The van der Waals surface area contributed by atoms with Crippen LogP contribution in [0, 0.1) is 0 Å². The van der Waals surface area contributed by atoms with Gasteiger partial charge in [0.05, 0.1) is 5.92 Å². The largest absolute Gasteiger partial charge is 0.362 e. The standard InChI is InChI=1S/C22H18Cl4N2O/c23-17-11-13-18(14-12-17)27-21(22(24,25)26)28-20(29)19(15-7-3-1-4-8-15)16-9-5-2-6-10-16/h1-14,19,21,27H,(H,28,29)/t21-/m1/s1. The lowest BCUT2D eigenvalue weighted by Crippen LogP contribution is -2.50. The first-order chi connectivity index (χ1) is 13.8. The first-order valence-corrected chi connectivity index (χ1v) is 10.3. The number of carbonyl (C=O) groups is 1. The van der Waals surface area contributed by atoms with E-state index in [1.165, 1.54) is 0 Å². The van der Waals surface area contributed by atoms with Crippen LogP contribution in [0.25, 0.3) is 0 Å². The minimum Gasteiger partial charge on any atom is -0.362 e. The van der Waals surface area contributed by atoms with Gasteiger partial charge in [-0.2, -0.15) is 0 Å². The van der Waals surface area contributed by atoms with E-state index in [4.69, 9.17) is 46.4 Å². The molecular weight excluding hydrogens is 450 g/mol. The maximum absolute atomic E-state index is 13.3. The maximum Gasteiger partial charge on any atom is 0.233 e. The van der Waals surface area contributed by atoms with E-state index < -0.39 is 15.9 Å². The Bertz CT molecular complexity index is 889. The van der Waals surface area contributed by atoms with E-state index in [0.29, 0.717) is 10.7 Å². The molecule has 150 valence electrons. The van der Waals surface area contributed by atoms with Crippen LogP contribution < -0.4 is 10.6 Å². The summed E-state index contributed by atoms with van der Waals surface area (Å²) in [5.74, 6) is -0.848. The first kappa shape index (κ1) is 21.8. The fourth-order valence-corrected chi connectivity index (χ4v) is 3.38. The third-order valence-corrected chi connectivity index (χ3v) is 5.20. The Balaban J connectivity index is 1.88. The van der Waals surface area contributed by atoms with Gasteiger partial charge in [0.15, 0.2) is 0 Å². The molecule has 0 radical (unpaired) electrons. The van der Waals surface area contributed by atoms with Crippen LogP contribution in [0.1, 0.15) is 17.0 Å². The Morgan fingerprint density at radius 3 is 1.69 bits per heavy atom. The minimum absolute atomic E-state index is 0.291. The molecule has 0 spiro atoms. The molecule has 0 aliphatic heterocycles. The smallest absolute Gasteiger partial charge is 0.233 e. The highest BCUT2D eigenvalue weighted by molar-refractivity contribution is 6.68. The SMILES string of the molecule is O=C(N[C@@H](Nc1ccc(Cl)cc1)C(Cl)(Cl)Cl)C(c1ccccc1)c1ccccc1. The molecule has 0 bridgehead atoms. The number of nitrogens with one attached hydrogen (secondary N) is 2. The van der Waals surface area contributed by atoms with Crippen LogP contribution in [0.5, 0.6) is 0 Å². The van der Waals surface area contributed by atoms with Gasteiger partial charge >= 0.3 is 0 Å². The summed E-state index contributed by atoms with van der Waals surface area (Å²) in [5.41, 5.74) is 2.33. The number of anilines is 1. The van der Waals surface area contributed by atoms with Crippen molar-refractivity contribution in [3.8, 4) is 0 Å². The predicted octanol–water partition coefficient (Wildman–Crippen LogP) is 6.40. The van der Waals surface area contributed by atoms with Crippen LogP contribution in [0.15, 0.2) is 84.9 Å². The zero-order valence-corrected chi connectivity index (χ0v) is 18.2. The van der Waals surface area contributed by atoms with Gasteiger partial charge in [-0.25, -0.2) is 0 Å². The average Bonchev–Trinajstić information content (AvgIpc) is 2.70. The van der Waals surface area contributed by atoms with Crippen molar-refractivity contribution in [3.63, 3.8) is 0 Å². The zero-order chi connectivity index (χ0) is 20.9. The van der Waals surface area contributed by atoms with Gasteiger partial charge in [-0.3, -0.25) is 4.79 Å². The molecule has 29 heavy (non-hydrogen) atoms. The van der Waals surface area contributed by atoms with Crippen LogP contribution in [-0.2, 0) is 4.79 Å². The predicted molar refractivity (Wildman–Crippen MR) is 122 cm³/mol. The quantitative estimate of drug-likeness (QED) is 0.325. The van der Waals surface area contributed by atoms with Crippen molar-refractivity contribution in [3.05, 3.63) is 101 Å². The normalized spacial score (nSPS) is 12.4. The van der Waals surface area contributed by atoms with E-state index >= 15 is 0 Å². The number of halogens is 4. The van der Waals surface area contributed by atoms with Gasteiger partial charge < -0.3 is 10.6 Å². The van der Waals surface area contributed by atoms with Crippen molar-refractivity contribution >= 4 is 58.0 Å². The third-order valence-electron chi connectivity index (χ3n) is 4.30. The highest BCUT2D eigenvalue weighted by Gasteiger charge is 2.36. The second-order valence-electron chi connectivity index (χ2n) is 6.39. The molecule has 0 heterocycles. The van der Waals surface area contributed by atoms with E-state index in [1.807, 2.05) is 60.7 Å². The van der Waals surface area contributed by atoms with Crippen LogP contribution in [0.3, 0.4) is 0 Å². The molecule has 1 amide bonds. The molecule has 3 nitrogen and oxygen atoms in total. The van der Waals surface area contributed by atoms with Crippen molar-refractivity contribution in [1.82, 2.24) is 5.32 Å². The summed E-state index contributed by atoms with van der Waals surface area (Å²) in [4.78, 5) is 13.3. The lowest BCUT2D eigenvalue weighted by atomic mass is 9.90. The first-order valence-electron chi connectivity index (χ1n) is 8.83. The fraction of sp³-hybridized carbons (Fsp3) is 0.136. The summed E-state index contributed by atoms with van der Waals surface area (Å²) in [6.45, 7) is 0. The van der Waals surface area contributed by atoms with Crippen LogP contribution >= 0.6 is 46.4 Å². The van der Waals surface area contributed by atoms with E-state index in [9.17, 15) is 4.79 Å². The average molecular weight is 468 g/mol. The van der Waals surface area contributed by atoms with E-state index in [2.05, 4.69) is 10.6 Å². The Morgan fingerprint density at radius 2 is 1.24 bits per heavy atom. The van der Waals surface area contributed by atoms with E-state index in [1.54, 1.807) is 24.3 Å². The molecule has 0 aliphatic rings. The van der Waals surface area contributed by atoms with Gasteiger partial charge in [-0.15, -0.1) is 0 Å². The van der Waals surface area contributed by atoms with Crippen molar-refractivity contribution in [2.45, 2.75) is 15.9 Å². The Labute approximate surface area is 189 Å². The molecule has 0 aliphatic carbocycles. The summed E-state index contributed by atoms with van der Waals surface area (Å²) in [7, 11) is 0. The molecule has 0 saturated carbocycles. The third kappa shape index (κ3) is 6.03. The summed E-state index contributed by atoms with van der Waals surface area (Å²) in [5, 5.41) is 6.47. The molecule has 1 atom stereocenters. The molecule has 0 aromatic heterocycles. The molecular formula is C22H18Cl4N2O. The Kier molecular flexibility index (Phi) is 7.31. The lowest BCUT2D eigenvalue weighted by molar-refractivity contribution is -0.122. The van der Waals surface area contributed by atoms with Crippen molar-refractivity contribution < 1.29 is 4.79 Å². The molecule has 0 unspecified atom stereocenters. The highest BCUT2D eigenvalue weighted by atomic mass is 35.6. The summed E-state index contributed by atoms with van der Waals surface area (Å²) in [6.07, 6.45) is -0.962. The summed E-state index contributed by atoms with van der Waals surface area (Å²) in [6, 6.07) is 25.8. The summed E-state index contributed by atoms with van der Waals surface area (Å²) >= 11 is 24.4. The molecule has 0 fully saturated rings. The number of carbonyl (C=O) groups excluding carboxylic acids is 1. The van der Waals surface area contributed by atoms with Crippen LogP contribution in [0.4, 0.5) is 5.69 Å². The molecule has 3 rings (SSSR count). The van der Waals surface area contributed by atoms with E-state index in [-0.39, 0.29) is 5.91 Å². The van der Waals surface area contributed by atoms with Gasteiger partial charge in [0, 0.05) is 10.7 Å². The maximum atomic E-state index is 13.3. The van der Waals surface area contributed by atoms with Gasteiger partial charge in [-0.1, -0.05) is 107 Å². The lowest BCUT2D eigenvalue weighted by Gasteiger charge is -2.29. The molecule has 2 N–H and O–H groups in total. The molecule has 3 aromatic carbocycles. The second kappa shape index (κ2) is 9.73. The van der Waals surface area contributed by atoms with E-state index in [0.717, 1.165) is 11.1 Å². The Morgan fingerprint density at radius 1 is 0.759 bits per heavy atom. The molecule has 0 saturated heterocycles. The zero-order valence-electron chi connectivity index (χ0n) is 15.2. The van der Waals surface area contributed by atoms with Crippen LogP contribution in [0.2, 0.25) is 5.02 Å². The number of rotatable bonds is 6. The second-order valence-corrected chi connectivity index (χ2v) is 9.19. The van der Waals surface area contributed by atoms with Crippen molar-refractivity contribution in [1.29, 1.82) is 0 Å². The fourth-order valence-electron chi connectivity index (χ4n) is 2.92. The van der Waals surface area contributed by atoms with Crippen molar-refractivity contribution in [2.75, 3.05) is 5.32 Å². The number of hydrogen-bond donors (Lipinski definition) is 2. The number of hydrogen-bond acceptors (Lipinski definition) is 2. The minimum atomic E-state index is -1.78. The highest BCUT2D eigenvalue weighted by Crippen LogP contribution is 2.33. The Hall–Kier alpha value is -1.91.